The van der Waals surface area contributed by atoms with Crippen molar-refractivity contribution in [2.24, 2.45) is 0 Å². The number of rotatable bonds is 10. The minimum Gasteiger partial charge on any atom is -0.497 e. The standard InChI is InChI=1S/C29H29N3O7/c1-4-39-28(35)20-6-5-7-21(16-20)30-26(33)17-25-27(34)32(22-10-14-24(38-3)15-11-22)29(36)31(25)18-19-8-12-23(37-2)13-9-19/h5-16,25H,4,17-18H2,1-3H3,(H,30,33)/t25-/m1/s1. The third-order valence-corrected chi connectivity index (χ3v) is 6.20. The Hall–Kier alpha value is -4.86. The number of carbonyl (C=O) groups excluding carboxylic acids is 4. The first-order chi connectivity index (χ1) is 18.8. The number of hydrogen-bond acceptors (Lipinski definition) is 7. The van der Waals surface area contributed by atoms with Crippen molar-refractivity contribution in [1.82, 2.24) is 4.90 Å². The molecule has 1 fully saturated rings. The molecule has 1 aliphatic heterocycles. The van der Waals surface area contributed by atoms with Gasteiger partial charge in [-0.2, -0.15) is 0 Å². The van der Waals surface area contributed by atoms with Crippen molar-refractivity contribution in [3.63, 3.8) is 0 Å². The fourth-order valence-corrected chi connectivity index (χ4v) is 4.24. The second kappa shape index (κ2) is 12.1. The molecule has 0 bridgehead atoms. The highest BCUT2D eigenvalue weighted by atomic mass is 16.5. The number of nitrogens with zero attached hydrogens (tertiary/aromatic N) is 2. The summed E-state index contributed by atoms with van der Waals surface area (Å²) in [6, 6.07) is 18.4. The Labute approximate surface area is 226 Å². The Morgan fingerprint density at radius 1 is 0.897 bits per heavy atom. The molecule has 0 saturated carbocycles. The fraction of sp³-hybridized carbons (Fsp3) is 0.241. The number of imide groups is 1. The third-order valence-electron chi connectivity index (χ3n) is 6.20. The Morgan fingerprint density at radius 3 is 2.15 bits per heavy atom. The molecular formula is C29H29N3O7. The quantitative estimate of drug-likeness (QED) is 0.307. The van der Waals surface area contributed by atoms with Crippen molar-refractivity contribution < 1.29 is 33.4 Å². The summed E-state index contributed by atoms with van der Waals surface area (Å²) in [5.74, 6) is -0.282. The minimum atomic E-state index is -1.05. The lowest BCUT2D eigenvalue weighted by atomic mass is 10.1. The molecule has 4 rings (SSSR count). The maximum atomic E-state index is 13.5. The summed E-state index contributed by atoms with van der Waals surface area (Å²) in [7, 11) is 3.08. The fourth-order valence-electron chi connectivity index (χ4n) is 4.24. The molecule has 0 radical (unpaired) electrons. The number of anilines is 2. The SMILES string of the molecule is CCOC(=O)c1cccc(NC(=O)C[C@@H]2C(=O)N(c3ccc(OC)cc3)C(=O)N2Cc2ccc(OC)cc2)c1. The lowest BCUT2D eigenvalue weighted by Gasteiger charge is -2.22. The molecule has 202 valence electrons. The summed E-state index contributed by atoms with van der Waals surface area (Å²) in [6.07, 6.45) is -0.281. The van der Waals surface area contributed by atoms with Gasteiger partial charge < -0.3 is 24.4 Å². The van der Waals surface area contributed by atoms with Gasteiger partial charge in [-0.05, 0) is 67.1 Å². The number of ether oxygens (including phenoxy) is 3. The number of esters is 1. The van der Waals surface area contributed by atoms with Gasteiger partial charge in [0.15, 0.2) is 0 Å². The highest BCUT2D eigenvalue weighted by Crippen LogP contribution is 2.30. The molecule has 0 spiro atoms. The molecule has 3 aromatic rings. The number of benzene rings is 3. The maximum Gasteiger partial charge on any atom is 0.338 e. The average Bonchev–Trinajstić information content (AvgIpc) is 3.17. The van der Waals surface area contributed by atoms with Crippen LogP contribution in [0.3, 0.4) is 0 Å². The van der Waals surface area contributed by atoms with E-state index in [0.717, 1.165) is 10.5 Å². The van der Waals surface area contributed by atoms with E-state index in [1.165, 1.54) is 18.1 Å². The van der Waals surface area contributed by atoms with Crippen LogP contribution in [0.15, 0.2) is 72.8 Å². The molecule has 0 aromatic heterocycles. The van der Waals surface area contributed by atoms with Crippen molar-refractivity contribution >= 4 is 35.2 Å². The van der Waals surface area contributed by atoms with Crippen LogP contribution in [-0.2, 0) is 20.9 Å². The topological polar surface area (TPSA) is 114 Å². The number of methoxy groups -OCH3 is 2. The molecule has 0 unspecified atom stereocenters. The summed E-state index contributed by atoms with van der Waals surface area (Å²) in [5, 5.41) is 2.72. The molecule has 39 heavy (non-hydrogen) atoms. The monoisotopic (exact) mass is 531 g/mol. The van der Waals surface area contributed by atoms with Crippen LogP contribution < -0.4 is 19.7 Å². The van der Waals surface area contributed by atoms with Crippen molar-refractivity contribution in [3.8, 4) is 11.5 Å². The van der Waals surface area contributed by atoms with Gasteiger partial charge >= 0.3 is 12.0 Å². The van der Waals surface area contributed by atoms with Gasteiger partial charge in [-0.15, -0.1) is 0 Å². The molecular weight excluding hydrogens is 502 g/mol. The van der Waals surface area contributed by atoms with Crippen LogP contribution in [0.4, 0.5) is 16.2 Å². The Morgan fingerprint density at radius 2 is 1.54 bits per heavy atom. The van der Waals surface area contributed by atoms with Gasteiger partial charge in [0.25, 0.3) is 5.91 Å². The van der Waals surface area contributed by atoms with Crippen molar-refractivity contribution in [1.29, 1.82) is 0 Å². The second-order valence-electron chi connectivity index (χ2n) is 8.70. The molecule has 10 nitrogen and oxygen atoms in total. The second-order valence-corrected chi connectivity index (χ2v) is 8.70. The normalized spacial score (nSPS) is 14.8. The van der Waals surface area contributed by atoms with Gasteiger partial charge in [-0.25, -0.2) is 14.5 Å². The van der Waals surface area contributed by atoms with Crippen LogP contribution in [0, 0.1) is 0 Å². The van der Waals surface area contributed by atoms with Gasteiger partial charge in [0.2, 0.25) is 5.91 Å². The smallest absolute Gasteiger partial charge is 0.338 e. The first-order valence-corrected chi connectivity index (χ1v) is 12.3. The first kappa shape index (κ1) is 27.2. The van der Waals surface area contributed by atoms with Crippen LogP contribution in [0.25, 0.3) is 0 Å². The molecule has 1 atom stereocenters. The molecule has 1 saturated heterocycles. The van der Waals surface area contributed by atoms with E-state index in [0.29, 0.717) is 22.9 Å². The number of carbonyl (C=O) groups is 4. The summed E-state index contributed by atoms with van der Waals surface area (Å²) < 4.78 is 15.4. The van der Waals surface area contributed by atoms with Crippen LogP contribution in [0.2, 0.25) is 0 Å². The highest BCUT2D eigenvalue weighted by molar-refractivity contribution is 6.22. The van der Waals surface area contributed by atoms with Gasteiger partial charge in [0.05, 0.1) is 38.5 Å². The minimum absolute atomic E-state index is 0.109. The van der Waals surface area contributed by atoms with Crippen LogP contribution in [0.5, 0.6) is 11.5 Å². The summed E-state index contributed by atoms with van der Waals surface area (Å²) in [5.41, 5.74) is 1.79. The highest BCUT2D eigenvalue weighted by Gasteiger charge is 2.46. The number of hydrogen-bond donors (Lipinski definition) is 1. The molecule has 0 aliphatic carbocycles. The van der Waals surface area contributed by atoms with Crippen LogP contribution >= 0.6 is 0 Å². The Kier molecular flexibility index (Phi) is 8.45. The lowest BCUT2D eigenvalue weighted by molar-refractivity contribution is -0.124. The van der Waals surface area contributed by atoms with Crippen molar-refractivity contribution in [2.75, 3.05) is 31.0 Å². The van der Waals surface area contributed by atoms with Crippen molar-refractivity contribution in [2.45, 2.75) is 25.9 Å². The van der Waals surface area contributed by atoms with E-state index in [-0.39, 0.29) is 25.1 Å². The van der Waals surface area contributed by atoms with Crippen molar-refractivity contribution in [3.05, 3.63) is 83.9 Å². The predicted molar refractivity (Wildman–Crippen MR) is 144 cm³/mol. The third kappa shape index (κ3) is 6.18. The molecule has 1 aliphatic rings. The van der Waals surface area contributed by atoms with E-state index in [2.05, 4.69) is 5.32 Å². The molecule has 3 aromatic carbocycles. The summed E-state index contributed by atoms with van der Waals surface area (Å²) >= 11 is 0. The largest absolute Gasteiger partial charge is 0.497 e. The molecule has 4 amide bonds. The number of nitrogens with one attached hydrogen (secondary N) is 1. The Balaban J connectivity index is 1.57. The summed E-state index contributed by atoms with van der Waals surface area (Å²) in [6.45, 7) is 2.04. The molecule has 10 heteroatoms. The maximum absolute atomic E-state index is 13.5. The van der Waals surface area contributed by atoms with E-state index in [1.807, 2.05) is 0 Å². The Bertz CT molecular complexity index is 1360. The first-order valence-electron chi connectivity index (χ1n) is 12.3. The number of amides is 4. The van der Waals surface area contributed by atoms with E-state index in [1.54, 1.807) is 80.8 Å². The van der Waals surface area contributed by atoms with Gasteiger partial charge in [0, 0.05) is 12.2 Å². The lowest BCUT2D eigenvalue weighted by Crippen LogP contribution is -2.37. The molecule has 1 N–H and O–H groups in total. The van der Waals surface area contributed by atoms with Gasteiger partial charge in [0.1, 0.15) is 17.5 Å². The molecule has 1 heterocycles. The number of urea groups is 1. The van der Waals surface area contributed by atoms with E-state index in [4.69, 9.17) is 14.2 Å². The van der Waals surface area contributed by atoms with E-state index >= 15 is 0 Å². The average molecular weight is 532 g/mol. The van der Waals surface area contributed by atoms with Crippen LogP contribution in [-0.4, -0.2) is 55.6 Å². The van der Waals surface area contributed by atoms with E-state index < -0.39 is 29.9 Å². The van der Waals surface area contributed by atoms with Crippen LogP contribution in [0.1, 0.15) is 29.3 Å². The predicted octanol–water partition coefficient (Wildman–Crippen LogP) is 4.25. The van der Waals surface area contributed by atoms with Gasteiger partial charge in [-0.1, -0.05) is 18.2 Å². The zero-order chi connectivity index (χ0) is 27.9. The summed E-state index contributed by atoms with van der Waals surface area (Å²) in [4.78, 5) is 54.6. The zero-order valence-electron chi connectivity index (χ0n) is 21.9. The van der Waals surface area contributed by atoms with Gasteiger partial charge in [-0.3, -0.25) is 9.59 Å². The zero-order valence-corrected chi connectivity index (χ0v) is 21.9. The van der Waals surface area contributed by atoms with E-state index in [9.17, 15) is 19.2 Å².